The minimum Gasteiger partial charge on any atom is -0.478 e. The van der Waals surface area contributed by atoms with Crippen LogP contribution in [-0.4, -0.2) is 22.0 Å². The molecule has 3 aromatic carbocycles. The Morgan fingerprint density at radius 1 is 0.969 bits per heavy atom. The fourth-order valence-corrected chi connectivity index (χ4v) is 4.37. The molecule has 1 fully saturated rings. The summed E-state index contributed by atoms with van der Waals surface area (Å²) in [4.78, 5) is 28.9. The third kappa shape index (κ3) is 3.97. The van der Waals surface area contributed by atoms with E-state index in [4.69, 9.17) is 0 Å². The monoisotopic (exact) mass is 422 g/mol. The van der Waals surface area contributed by atoms with Gasteiger partial charge in [0.15, 0.2) is 0 Å². The standard InChI is InChI=1S/C27H22N2O3/c30-26(29-20-10-9-19-16-28-12-11-18(19)14-20)25-15-24(25)21-7-4-8-22(27(31)32)23(21)13-17-5-2-1-3-6-17/h1-12,14,16,24-25H,13,15H2,(H,29,30)(H,31,32)/t24-,25+/m0/s1. The molecule has 0 saturated heterocycles. The van der Waals surface area contributed by atoms with Crippen molar-refractivity contribution in [1.29, 1.82) is 0 Å². The van der Waals surface area contributed by atoms with E-state index in [-0.39, 0.29) is 17.7 Å². The topological polar surface area (TPSA) is 79.3 Å². The predicted octanol–water partition coefficient (Wildman–Crippen LogP) is 5.27. The number of carboxylic acid groups (broad SMARTS) is 1. The van der Waals surface area contributed by atoms with Gasteiger partial charge in [-0.15, -0.1) is 0 Å². The van der Waals surface area contributed by atoms with Crippen LogP contribution < -0.4 is 5.32 Å². The second-order valence-corrected chi connectivity index (χ2v) is 8.22. The van der Waals surface area contributed by atoms with Gasteiger partial charge in [0.2, 0.25) is 5.91 Å². The summed E-state index contributed by atoms with van der Waals surface area (Å²) in [5.41, 5.74) is 3.86. The fraction of sp³-hybridized carbons (Fsp3) is 0.148. The van der Waals surface area contributed by atoms with Gasteiger partial charge >= 0.3 is 5.97 Å². The Morgan fingerprint density at radius 3 is 2.62 bits per heavy atom. The summed E-state index contributed by atoms with van der Waals surface area (Å²) in [6.07, 6.45) is 4.77. The number of benzene rings is 3. The first-order valence-electron chi connectivity index (χ1n) is 10.6. The van der Waals surface area contributed by atoms with Crippen LogP contribution in [0.2, 0.25) is 0 Å². The minimum absolute atomic E-state index is 0.0256. The molecule has 5 nitrogen and oxygen atoms in total. The van der Waals surface area contributed by atoms with E-state index in [1.807, 2.05) is 60.7 Å². The van der Waals surface area contributed by atoms with Crippen LogP contribution in [0.15, 0.2) is 85.2 Å². The number of pyridine rings is 1. The highest BCUT2D eigenvalue weighted by Gasteiger charge is 2.45. The molecule has 5 rings (SSSR count). The molecule has 1 amide bonds. The Bertz CT molecular complexity index is 1320. The van der Waals surface area contributed by atoms with Crippen molar-refractivity contribution in [2.75, 3.05) is 5.32 Å². The lowest BCUT2D eigenvalue weighted by atomic mass is 9.91. The molecule has 0 aliphatic heterocycles. The van der Waals surface area contributed by atoms with Crippen LogP contribution in [0.5, 0.6) is 0 Å². The van der Waals surface area contributed by atoms with E-state index in [0.29, 0.717) is 18.4 Å². The van der Waals surface area contributed by atoms with E-state index in [9.17, 15) is 14.7 Å². The van der Waals surface area contributed by atoms with Crippen molar-refractivity contribution in [3.63, 3.8) is 0 Å². The van der Waals surface area contributed by atoms with Crippen molar-refractivity contribution >= 4 is 28.3 Å². The smallest absolute Gasteiger partial charge is 0.335 e. The lowest BCUT2D eigenvalue weighted by Crippen LogP contribution is -2.15. The molecule has 1 saturated carbocycles. The Kier molecular flexibility index (Phi) is 5.15. The van der Waals surface area contributed by atoms with Gasteiger partial charge in [-0.25, -0.2) is 4.79 Å². The highest BCUT2D eigenvalue weighted by atomic mass is 16.4. The Morgan fingerprint density at radius 2 is 1.81 bits per heavy atom. The molecule has 1 aliphatic carbocycles. The summed E-state index contributed by atoms with van der Waals surface area (Å²) in [6.45, 7) is 0. The third-order valence-electron chi connectivity index (χ3n) is 6.10. The number of amides is 1. The van der Waals surface area contributed by atoms with E-state index < -0.39 is 5.97 Å². The molecule has 1 heterocycles. The largest absolute Gasteiger partial charge is 0.478 e. The Hall–Kier alpha value is -3.99. The van der Waals surface area contributed by atoms with Crippen LogP contribution in [0.4, 0.5) is 5.69 Å². The molecule has 1 aliphatic rings. The molecule has 2 N–H and O–H groups in total. The lowest BCUT2D eigenvalue weighted by molar-refractivity contribution is -0.117. The second-order valence-electron chi connectivity index (χ2n) is 8.22. The van der Waals surface area contributed by atoms with Crippen LogP contribution in [0.3, 0.4) is 0 Å². The van der Waals surface area contributed by atoms with Gasteiger partial charge in [0.05, 0.1) is 5.56 Å². The molecule has 0 unspecified atom stereocenters. The Balaban J connectivity index is 1.38. The molecular formula is C27H22N2O3. The van der Waals surface area contributed by atoms with Gasteiger partial charge in [0, 0.05) is 29.4 Å². The predicted molar refractivity (Wildman–Crippen MR) is 124 cm³/mol. The average molecular weight is 422 g/mol. The zero-order valence-corrected chi connectivity index (χ0v) is 17.4. The molecular weight excluding hydrogens is 400 g/mol. The van der Waals surface area contributed by atoms with E-state index >= 15 is 0 Å². The molecule has 4 aromatic rings. The number of aromatic nitrogens is 1. The van der Waals surface area contributed by atoms with Crippen molar-refractivity contribution in [3.05, 3.63) is 107 Å². The van der Waals surface area contributed by atoms with E-state index in [0.717, 1.165) is 33.2 Å². The zero-order valence-electron chi connectivity index (χ0n) is 17.4. The van der Waals surface area contributed by atoms with Crippen LogP contribution >= 0.6 is 0 Å². The summed E-state index contributed by atoms with van der Waals surface area (Å²) in [5.74, 6) is -1.11. The van der Waals surface area contributed by atoms with Crippen LogP contribution in [0.25, 0.3) is 10.8 Å². The third-order valence-corrected chi connectivity index (χ3v) is 6.10. The number of rotatable bonds is 6. The number of hydrogen-bond acceptors (Lipinski definition) is 3. The maximum absolute atomic E-state index is 12.9. The average Bonchev–Trinajstić information content (AvgIpc) is 3.61. The minimum atomic E-state index is -0.940. The lowest BCUT2D eigenvalue weighted by Gasteiger charge is -2.13. The second kappa shape index (κ2) is 8.27. The van der Waals surface area contributed by atoms with Crippen molar-refractivity contribution in [2.45, 2.75) is 18.8 Å². The van der Waals surface area contributed by atoms with Crippen LogP contribution in [-0.2, 0) is 11.2 Å². The number of nitrogens with one attached hydrogen (secondary N) is 1. The molecule has 0 radical (unpaired) electrons. The van der Waals surface area contributed by atoms with Crippen LogP contribution in [0, 0.1) is 5.92 Å². The van der Waals surface area contributed by atoms with Gasteiger partial charge in [-0.1, -0.05) is 48.5 Å². The number of carboxylic acids is 1. The molecule has 0 bridgehead atoms. The first-order chi connectivity index (χ1) is 15.6. The number of fused-ring (bicyclic) bond motifs is 1. The number of hydrogen-bond donors (Lipinski definition) is 2. The summed E-state index contributed by atoms with van der Waals surface area (Å²) in [5, 5.41) is 14.8. The van der Waals surface area contributed by atoms with E-state index in [2.05, 4.69) is 10.3 Å². The molecule has 32 heavy (non-hydrogen) atoms. The van der Waals surface area contributed by atoms with Gasteiger partial charge in [0.1, 0.15) is 0 Å². The summed E-state index contributed by atoms with van der Waals surface area (Å²) >= 11 is 0. The number of aromatic carboxylic acids is 1. The number of nitrogens with zero attached hydrogens (tertiary/aromatic N) is 1. The van der Waals surface area contributed by atoms with Crippen LogP contribution in [0.1, 0.15) is 39.4 Å². The molecule has 5 heteroatoms. The van der Waals surface area contributed by atoms with Gasteiger partial charge in [-0.3, -0.25) is 9.78 Å². The number of carbonyl (C=O) groups excluding carboxylic acids is 1. The summed E-state index contributed by atoms with van der Waals surface area (Å²) < 4.78 is 0. The highest BCUT2D eigenvalue weighted by Crippen LogP contribution is 2.50. The van der Waals surface area contributed by atoms with Gasteiger partial charge in [-0.05, 0) is 65.1 Å². The first kappa shape index (κ1) is 19.9. The van der Waals surface area contributed by atoms with E-state index in [1.54, 1.807) is 24.5 Å². The van der Waals surface area contributed by atoms with E-state index in [1.165, 1.54) is 0 Å². The maximum atomic E-state index is 12.9. The van der Waals surface area contributed by atoms with Crippen molar-refractivity contribution in [3.8, 4) is 0 Å². The number of anilines is 1. The SMILES string of the molecule is O=C(O)c1cccc([C@@H]2C[C@H]2C(=O)Nc2ccc3cnccc3c2)c1Cc1ccccc1. The first-order valence-corrected chi connectivity index (χ1v) is 10.6. The molecule has 2 atom stereocenters. The van der Waals surface area contributed by atoms with Gasteiger partial charge < -0.3 is 10.4 Å². The maximum Gasteiger partial charge on any atom is 0.335 e. The zero-order chi connectivity index (χ0) is 22.1. The molecule has 1 aromatic heterocycles. The molecule has 0 spiro atoms. The summed E-state index contributed by atoms with van der Waals surface area (Å²) in [7, 11) is 0. The van der Waals surface area contributed by atoms with Gasteiger partial charge in [-0.2, -0.15) is 0 Å². The highest BCUT2D eigenvalue weighted by molar-refractivity contribution is 5.97. The normalized spacial score (nSPS) is 17.1. The van der Waals surface area contributed by atoms with Crippen molar-refractivity contribution < 1.29 is 14.7 Å². The van der Waals surface area contributed by atoms with Crippen molar-refractivity contribution in [1.82, 2.24) is 4.98 Å². The molecule has 158 valence electrons. The van der Waals surface area contributed by atoms with Crippen molar-refractivity contribution in [2.24, 2.45) is 5.92 Å². The quantitative estimate of drug-likeness (QED) is 0.444. The fourth-order valence-electron chi connectivity index (χ4n) is 4.37. The Labute approximate surface area is 185 Å². The van der Waals surface area contributed by atoms with Gasteiger partial charge in [0.25, 0.3) is 0 Å². The summed E-state index contributed by atoms with van der Waals surface area (Å²) in [6, 6.07) is 22.9. The number of carbonyl (C=O) groups is 2.